The number of nitrogens with zero attached hydrogens (tertiary/aromatic N) is 2. The topological polar surface area (TPSA) is 94.5 Å². The van der Waals surface area contributed by atoms with E-state index in [9.17, 15) is 13.2 Å². The molecule has 134 valence electrons. The number of rotatable bonds is 3. The lowest BCUT2D eigenvalue weighted by Crippen LogP contribution is -2.17. The van der Waals surface area contributed by atoms with Crippen LogP contribution < -0.4 is 9.94 Å². The van der Waals surface area contributed by atoms with Gasteiger partial charge in [-0.25, -0.2) is 13.6 Å². The molecule has 3 aromatic rings. The summed E-state index contributed by atoms with van der Waals surface area (Å²) in [5.41, 5.74) is 3.00. The summed E-state index contributed by atoms with van der Waals surface area (Å²) in [4.78, 5) is 17.3. The summed E-state index contributed by atoms with van der Waals surface area (Å²) in [7, 11) is -3.75. The van der Waals surface area contributed by atoms with E-state index in [1.165, 1.54) is 23.5 Å². The fourth-order valence-electron chi connectivity index (χ4n) is 2.53. The number of amides is 1. The molecule has 0 saturated heterocycles. The Morgan fingerprint density at radius 3 is 2.35 bits per heavy atom. The molecule has 0 atom stereocenters. The van der Waals surface area contributed by atoms with Crippen LogP contribution in [0.4, 0.5) is 0 Å². The summed E-state index contributed by atoms with van der Waals surface area (Å²) in [5.74, 6) is -0.320. The molecule has 0 bridgehead atoms. The fourth-order valence-corrected chi connectivity index (χ4v) is 3.92. The second kappa shape index (κ2) is 6.99. The van der Waals surface area contributed by atoms with Gasteiger partial charge in [0.25, 0.3) is 5.91 Å². The maximum Gasteiger partial charge on any atom is 0.279 e. The molecular formula is C18H17N3O3S2. The van der Waals surface area contributed by atoms with E-state index < -0.39 is 10.0 Å². The van der Waals surface area contributed by atoms with E-state index in [1.54, 1.807) is 28.8 Å². The summed E-state index contributed by atoms with van der Waals surface area (Å²) >= 11 is 1.34. The number of aryl methyl sites for hydroxylation is 2. The number of hydrogen-bond acceptors (Lipinski definition) is 4. The minimum Gasteiger partial charge on any atom is -0.290 e. The lowest BCUT2D eigenvalue weighted by Gasteiger charge is -2.07. The Balaban J connectivity index is 2.07. The highest BCUT2D eigenvalue weighted by Gasteiger charge is 2.11. The molecule has 1 heterocycles. The predicted molar refractivity (Wildman–Crippen MR) is 101 cm³/mol. The highest BCUT2D eigenvalue weighted by Crippen LogP contribution is 2.15. The van der Waals surface area contributed by atoms with Crippen LogP contribution >= 0.6 is 11.3 Å². The van der Waals surface area contributed by atoms with E-state index >= 15 is 0 Å². The zero-order valence-electron chi connectivity index (χ0n) is 14.2. The number of benzene rings is 2. The number of hydrogen-bond donors (Lipinski definition) is 1. The highest BCUT2D eigenvalue weighted by atomic mass is 32.2. The van der Waals surface area contributed by atoms with E-state index in [-0.39, 0.29) is 10.8 Å². The van der Waals surface area contributed by atoms with Gasteiger partial charge in [0.2, 0.25) is 10.0 Å². The van der Waals surface area contributed by atoms with Crippen molar-refractivity contribution in [1.29, 1.82) is 0 Å². The van der Waals surface area contributed by atoms with Crippen LogP contribution in [0.2, 0.25) is 0 Å². The van der Waals surface area contributed by atoms with Crippen molar-refractivity contribution in [3.05, 3.63) is 75.5 Å². The van der Waals surface area contributed by atoms with Crippen LogP contribution in [-0.4, -0.2) is 18.9 Å². The normalized spacial score (nSPS) is 12.3. The van der Waals surface area contributed by atoms with Gasteiger partial charge >= 0.3 is 0 Å². The first-order valence-corrected chi connectivity index (χ1v) is 10.1. The molecule has 0 aliphatic heterocycles. The summed E-state index contributed by atoms with van der Waals surface area (Å²) in [5, 5.41) is 7.02. The molecule has 0 fully saturated rings. The van der Waals surface area contributed by atoms with E-state index in [0.29, 0.717) is 16.1 Å². The zero-order chi connectivity index (χ0) is 18.9. The van der Waals surface area contributed by atoms with Gasteiger partial charge in [-0.1, -0.05) is 18.2 Å². The van der Waals surface area contributed by atoms with Crippen LogP contribution in [0.5, 0.6) is 0 Å². The fraction of sp³-hybridized carbons (Fsp3) is 0.111. The Kier molecular flexibility index (Phi) is 4.90. The minimum atomic E-state index is -3.75. The molecule has 1 aromatic heterocycles. The van der Waals surface area contributed by atoms with Crippen LogP contribution in [0.1, 0.15) is 21.6 Å². The first-order valence-electron chi connectivity index (χ1n) is 7.72. The van der Waals surface area contributed by atoms with Crippen molar-refractivity contribution in [2.24, 2.45) is 10.1 Å². The van der Waals surface area contributed by atoms with Crippen LogP contribution in [0.25, 0.3) is 5.69 Å². The van der Waals surface area contributed by atoms with Crippen molar-refractivity contribution in [2.45, 2.75) is 18.7 Å². The quantitative estimate of drug-likeness (QED) is 0.748. The molecule has 0 unspecified atom stereocenters. The maximum atomic E-state index is 12.5. The van der Waals surface area contributed by atoms with E-state index in [2.05, 4.69) is 4.99 Å². The van der Waals surface area contributed by atoms with Crippen molar-refractivity contribution in [2.75, 3.05) is 0 Å². The Morgan fingerprint density at radius 2 is 1.73 bits per heavy atom. The van der Waals surface area contributed by atoms with Crippen molar-refractivity contribution >= 4 is 27.3 Å². The number of carbonyl (C=O) groups excluding carboxylic acids is 1. The third-order valence-corrected chi connectivity index (χ3v) is 5.75. The zero-order valence-corrected chi connectivity index (χ0v) is 15.8. The van der Waals surface area contributed by atoms with Gasteiger partial charge in [0.1, 0.15) is 0 Å². The van der Waals surface area contributed by atoms with Gasteiger partial charge < -0.3 is 0 Å². The Labute approximate surface area is 155 Å². The van der Waals surface area contributed by atoms with Crippen molar-refractivity contribution in [3.63, 3.8) is 0 Å². The number of nitrogens with two attached hydrogens (primary N) is 1. The van der Waals surface area contributed by atoms with Crippen molar-refractivity contribution in [1.82, 2.24) is 4.57 Å². The van der Waals surface area contributed by atoms with E-state index in [0.717, 1.165) is 11.3 Å². The SMILES string of the molecule is Cc1ccccc1C(=O)N=c1scc(C)n1-c1ccc(S(N)(=O)=O)cc1. The second-order valence-electron chi connectivity index (χ2n) is 5.77. The van der Waals surface area contributed by atoms with E-state index in [1.807, 2.05) is 31.4 Å². The van der Waals surface area contributed by atoms with Crippen molar-refractivity contribution < 1.29 is 13.2 Å². The lowest BCUT2D eigenvalue weighted by molar-refractivity contribution is 0.0997. The number of thiazole rings is 1. The molecule has 8 heteroatoms. The number of primary sulfonamides is 1. The highest BCUT2D eigenvalue weighted by molar-refractivity contribution is 7.89. The Bertz CT molecular complexity index is 1140. The summed E-state index contributed by atoms with van der Waals surface area (Å²) in [6.45, 7) is 3.75. The predicted octanol–water partition coefficient (Wildman–Crippen LogP) is 2.54. The summed E-state index contributed by atoms with van der Waals surface area (Å²) < 4.78 is 24.6. The van der Waals surface area contributed by atoms with Gasteiger partial charge in [0.05, 0.1) is 4.90 Å². The largest absolute Gasteiger partial charge is 0.290 e. The van der Waals surface area contributed by atoms with Gasteiger partial charge in [-0.3, -0.25) is 9.36 Å². The standard InChI is InChI=1S/C18H17N3O3S2/c1-12-5-3-4-6-16(12)17(22)20-18-21(13(2)11-25-18)14-7-9-15(10-8-14)26(19,23)24/h3-11H,1-2H3,(H2,19,23,24). The average molecular weight is 387 g/mol. The molecule has 6 nitrogen and oxygen atoms in total. The second-order valence-corrected chi connectivity index (χ2v) is 8.16. The lowest BCUT2D eigenvalue weighted by atomic mass is 10.1. The average Bonchev–Trinajstić information content (AvgIpc) is 2.95. The third-order valence-electron chi connectivity index (χ3n) is 3.88. The monoisotopic (exact) mass is 387 g/mol. The van der Waals surface area contributed by atoms with Crippen LogP contribution in [0, 0.1) is 13.8 Å². The van der Waals surface area contributed by atoms with Gasteiger partial charge in [-0.15, -0.1) is 11.3 Å². The molecule has 0 aliphatic rings. The molecule has 1 amide bonds. The molecule has 0 aliphatic carbocycles. The Hall–Kier alpha value is -2.55. The molecule has 26 heavy (non-hydrogen) atoms. The van der Waals surface area contributed by atoms with Crippen LogP contribution in [0.3, 0.4) is 0 Å². The number of carbonyl (C=O) groups is 1. The molecule has 2 N–H and O–H groups in total. The third kappa shape index (κ3) is 3.67. The number of aromatic nitrogens is 1. The molecular weight excluding hydrogens is 370 g/mol. The van der Waals surface area contributed by atoms with Gasteiger partial charge in [-0.2, -0.15) is 4.99 Å². The van der Waals surface area contributed by atoms with Crippen LogP contribution in [0.15, 0.2) is 63.8 Å². The molecule has 0 spiro atoms. The molecule has 3 rings (SSSR count). The first kappa shape index (κ1) is 18.2. The minimum absolute atomic E-state index is 0.0317. The van der Waals surface area contributed by atoms with Gasteiger partial charge in [0, 0.05) is 22.3 Å². The molecule has 0 saturated carbocycles. The maximum absolute atomic E-state index is 12.5. The smallest absolute Gasteiger partial charge is 0.279 e. The molecule has 0 radical (unpaired) electrons. The van der Waals surface area contributed by atoms with E-state index in [4.69, 9.17) is 5.14 Å². The van der Waals surface area contributed by atoms with Crippen LogP contribution in [-0.2, 0) is 10.0 Å². The summed E-state index contributed by atoms with van der Waals surface area (Å²) in [6.07, 6.45) is 0. The number of sulfonamides is 1. The van der Waals surface area contributed by atoms with Gasteiger partial charge in [-0.05, 0) is 49.7 Å². The first-order chi connectivity index (χ1) is 12.3. The Morgan fingerprint density at radius 1 is 1.08 bits per heavy atom. The summed E-state index contributed by atoms with van der Waals surface area (Å²) in [6, 6.07) is 13.4. The molecule has 2 aromatic carbocycles. The van der Waals surface area contributed by atoms with Crippen molar-refractivity contribution in [3.8, 4) is 5.69 Å². The van der Waals surface area contributed by atoms with Gasteiger partial charge in [0.15, 0.2) is 4.80 Å².